The number of aromatic nitrogens is 2. The van der Waals surface area contributed by atoms with E-state index in [1.807, 2.05) is 0 Å². The van der Waals surface area contributed by atoms with Crippen LogP contribution in [0.25, 0.3) is 0 Å². The van der Waals surface area contributed by atoms with E-state index in [2.05, 4.69) is 15.3 Å². The summed E-state index contributed by atoms with van der Waals surface area (Å²) >= 11 is 0. The lowest BCUT2D eigenvalue weighted by Crippen LogP contribution is -2.32. The monoisotopic (exact) mass is 235 g/mol. The number of carbonyl (C=O) groups excluding carboxylic acids is 1. The van der Waals surface area contributed by atoms with Gasteiger partial charge in [-0.3, -0.25) is 14.9 Å². The SMILES string of the molecule is Cc1cc(C)nc(NC(=O)C2(C(=O)O)CC2)n1. The molecule has 1 aliphatic carbocycles. The summed E-state index contributed by atoms with van der Waals surface area (Å²) in [7, 11) is 0. The maximum Gasteiger partial charge on any atom is 0.319 e. The highest BCUT2D eigenvalue weighted by atomic mass is 16.4. The topological polar surface area (TPSA) is 92.2 Å². The Morgan fingerprint density at radius 1 is 1.29 bits per heavy atom. The lowest BCUT2D eigenvalue weighted by atomic mass is 10.1. The highest BCUT2D eigenvalue weighted by molar-refractivity contribution is 6.10. The second kappa shape index (κ2) is 3.80. The Labute approximate surface area is 98.1 Å². The third-order valence-electron chi connectivity index (χ3n) is 2.80. The minimum absolute atomic E-state index is 0.167. The van der Waals surface area contributed by atoms with Gasteiger partial charge in [0.05, 0.1) is 0 Å². The predicted molar refractivity (Wildman–Crippen MR) is 59.4 cm³/mol. The van der Waals surface area contributed by atoms with E-state index in [-0.39, 0.29) is 5.95 Å². The zero-order valence-corrected chi connectivity index (χ0v) is 9.65. The maximum atomic E-state index is 11.8. The Bertz CT molecular complexity index is 474. The third kappa shape index (κ3) is 2.11. The van der Waals surface area contributed by atoms with E-state index >= 15 is 0 Å². The van der Waals surface area contributed by atoms with E-state index in [4.69, 9.17) is 5.11 Å². The van der Waals surface area contributed by atoms with E-state index in [0.717, 1.165) is 11.4 Å². The van der Waals surface area contributed by atoms with Crippen LogP contribution in [-0.2, 0) is 9.59 Å². The van der Waals surface area contributed by atoms with Gasteiger partial charge in [-0.05, 0) is 32.8 Å². The summed E-state index contributed by atoms with van der Waals surface area (Å²) < 4.78 is 0. The van der Waals surface area contributed by atoms with Crippen molar-refractivity contribution in [2.45, 2.75) is 26.7 Å². The van der Waals surface area contributed by atoms with E-state index < -0.39 is 17.3 Å². The van der Waals surface area contributed by atoms with Gasteiger partial charge in [0, 0.05) is 11.4 Å². The fourth-order valence-electron chi connectivity index (χ4n) is 1.67. The number of aryl methyl sites for hydroxylation is 2. The molecule has 2 rings (SSSR count). The molecule has 1 aliphatic rings. The average Bonchev–Trinajstić information content (AvgIpc) is 2.95. The van der Waals surface area contributed by atoms with Gasteiger partial charge in [-0.1, -0.05) is 0 Å². The van der Waals surface area contributed by atoms with Gasteiger partial charge in [-0.2, -0.15) is 0 Å². The van der Waals surface area contributed by atoms with Crippen LogP contribution < -0.4 is 5.32 Å². The molecule has 0 unspecified atom stereocenters. The minimum Gasteiger partial charge on any atom is -0.480 e. The molecule has 90 valence electrons. The van der Waals surface area contributed by atoms with Crippen molar-refractivity contribution in [3.05, 3.63) is 17.5 Å². The van der Waals surface area contributed by atoms with Gasteiger partial charge >= 0.3 is 5.97 Å². The molecule has 6 heteroatoms. The van der Waals surface area contributed by atoms with E-state index in [1.54, 1.807) is 19.9 Å². The number of rotatable bonds is 3. The van der Waals surface area contributed by atoms with Gasteiger partial charge in [-0.15, -0.1) is 0 Å². The number of carboxylic acid groups (broad SMARTS) is 1. The summed E-state index contributed by atoms with van der Waals surface area (Å²) in [5.41, 5.74) is 0.196. The van der Waals surface area contributed by atoms with E-state index in [9.17, 15) is 9.59 Å². The molecule has 1 amide bonds. The molecule has 0 aliphatic heterocycles. The average molecular weight is 235 g/mol. The lowest BCUT2D eigenvalue weighted by molar-refractivity contribution is -0.147. The van der Waals surface area contributed by atoms with Crippen LogP contribution in [0.5, 0.6) is 0 Å². The van der Waals surface area contributed by atoms with Gasteiger partial charge in [0.2, 0.25) is 11.9 Å². The Morgan fingerprint density at radius 2 is 1.82 bits per heavy atom. The highest BCUT2D eigenvalue weighted by Gasteiger charge is 2.57. The fourth-order valence-corrected chi connectivity index (χ4v) is 1.67. The molecule has 0 bridgehead atoms. The van der Waals surface area contributed by atoms with Crippen molar-refractivity contribution in [1.82, 2.24) is 9.97 Å². The summed E-state index contributed by atoms with van der Waals surface area (Å²) in [4.78, 5) is 30.8. The molecule has 1 heterocycles. The lowest BCUT2D eigenvalue weighted by Gasteiger charge is -2.10. The molecule has 1 aromatic heterocycles. The molecule has 0 aromatic carbocycles. The Kier molecular flexibility index (Phi) is 2.57. The summed E-state index contributed by atoms with van der Waals surface area (Å²) in [5, 5.41) is 11.4. The number of nitrogens with zero attached hydrogens (tertiary/aromatic N) is 2. The molecule has 0 spiro atoms. The normalized spacial score (nSPS) is 16.4. The Balaban J connectivity index is 2.16. The molecule has 0 saturated heterocycles. The minimum atomic E-state index is -1.26. The first-order valence-electron chi connectivity index (χ1n) is 5.31. The number of carboxylic acids is 1. The molecule has 1 saturated carbocycles. The smallest absolute Gasteiger partial charge is 0.319 e. The number of hydrogen-bond acceptors (Lipinski definition) is 4. The largest absolute Gasteiger partial charge is 0.480 e. The van der Waals surface area contributed by atoms with Gasteiger partial charge in [-0.25, -0.2) is 9.97 Å². The van der Waals surface area contributed by atoms with Crippen LogP contribution in [0.3, 0.4) is 0 Å². The number of anilines is 1. The van der Waals surface area contributed by atoms with Gasteiger partial charge in [0.1, 0.15) is 5.41 Å². The second-order valence-electron chi connectivity index (χ2n) is 4.32. The van der Waals surface area contributed by atoms with Gasteiger partial charge < -0.3 is 5.11 Å². The molecule has 17 heavy (non-hydrogen) atoms. The van der Waals surface area contributed by atoms with Crippen molar-refractivity contribution in [1.29, 1.82) is 0 Å². The molecule has 0 radical (unpaired) electrons. The number of aliphatic carboxylic acids is 1. The number of hydrogen-bond donors (Lipinski definition) is 2. The molecule has 6 nitrogen and oxygen atoms in total. The zero-order valence-electron chi connectivity index (χ0n) is 9.65. The number of amides is 1. The van der Waals surface area contributed by atoms with Crippen molar-refractivity contribution in [2.24, 2.45) is 5.41 Å². The number of nitrogens with one attached hydrogen (secondary N) is 1. The van der Waals surface area contributed by atoms with Crippen molar-refractivity contribution in [2.75, 3.05) is 5.32 Å². The first-order valence-corrected chi connectivity index (χ1v) is 5.31. The second-order valence-corrected chi connectivity index (χ2v) is 4.32. The van der Waals surface area contributed by atoms with Crippen LogP contribution in [0.4, 0.5) is 5.95 Å². The Morgan fingerprint density at radius 3 is 2.24 bits per heavy atom. The van der Waals surface area contributed by atoms with E-state index in [1.165, 1.54) is 0 Å². The van der Waals surface area contributed by atoms with Gasteiger partial charge in [0.15, 0.2) is 0 Å². The molecule has 1 fully saturated rings. The standard InChI is InChI=1S/C11H13N3O3/c1-6-5-7(2)13-10(12-6)14-8(15)11(3-4-11)9(16)17/h5H,3-4H2,1-2H3,(H,16,17)(H,12,13,14,15). The van der Waals surface area contributed by atoms with E-state index in [0.29, 0.717) is 12.8 Å². The summed E-state index contributed by atoms with van der Waals surface area (Å²) in [6.45, 7) is 3.57. The fraction of sp³-hybridized carbons (Fsp3) is 0.455. The molecule has 0 atom stereocenters. The van der Waals surface area contributed by atoms with Crippen molar-refractivity contribution in [3.63, 3.8) is 0 Å². The summed E-state index contributed by atoms with van der Waals surface area (Å²) in [5.74, 6) is -1.45. The first kappa shape index (κ1) is 11.5. The highest BCUT2D eigenvalue weighted by Crippen LogP contribution is 2.46. The third-order valence-corrected chi connectivity index (χ3v) is 2.80. The quantitative estimate of drug-likeness (QED) is 0.759. The number of carbonyl (C=O) groups is 2. The Hall–Kier alpha value is -1.98. The van der Waals surface area contributed by atoms with Crippen molar-refractivity contribution >= 4 is 17.8 Å². The van der Waals surface area contributed by atoms with Crippen molar-refractivity contribution < 1.29 is 14.7 Å². The van der Waals surface area contributed by atoms with Crippen LogP contribution in [-0.4, -0.2) is 27.0 Å². The van der Waals surface area contributed by atoms with Crippen LogP contribution in [0.15, 0.2) is 6.07 Å². The van der Waals surface area contributed by atoms with Crippen LogP contribution in [0.1, 0.15) is 24.2 Å². The van der Waals surface area contributed by atoms with Crippen LogP contribution in [0.2, 0.25) is 0 Å². The van der Waals surface area contributed by atoms with Crippen LogP contribution in [0, 0.1) is 19.3 Å². The maximum absolute atomic E-state index is 11.8. The molecule has 1 aromatic rings. The predicted octanol–water partition coefficient (Wildman–Crippen LogP) is 0.897. The molecular weight excluding hydrogens is 222 g/mol. The molecular formula is C11H13N3O3. The first-order chi connectivity index (χ1) is 7.94. The van der Waals surface area contributed by atoms with Crippen LogP contribution >= 0.6 is 0 Å². The summed E-state index contributed by atoms with van der Waals surface area (Å²) in [6, 6.07) is 1.78. The van der Waals surface area contributed by atoms with Crippen molar-refractivity contribution in [3.8, 4) is 0 Å². The van der Waals surface area contributed by atoms with Gasteiger partial charge in [0.25, 0.3) is 0 Å². The summed E-state index contributed by atoms with van der Waals surface area (Å²) in [6.07, 6.45) is 0.748. The molecule has 2 N–H and O–H groups in total. The zero-order chi connectivity index (χ0) is 12.6.